The van der Waals surface area contributed by atoms with Crippen molar-refractivity contribution in [3.63, 3.8) is 0 Å². The summed E-state index contributed by atoms with van der Waals surface area (Å²) in [5.41, 5.74) is 0.679. The van der Waals surface area contributed by atoms with E-state index in [1.54, 1.807) is 29.7 Å². The number of carbonyl (C=O) groups is 2. The SMILES string of the molecule is CCC(=O)N1CSCC1C(=O)NC1CNCCC1c1ccc(F)c(F)c1.Cl. The minimum atomic E-state index is -0.877. The lowest BCUT2D eigenvalue weighted by atomic mass is 9.85. The molecule has 27 heavy (non-hydrogen) atoms. The number of hydrogen-bond acceptors (Lipinski definition) is 4. The highest BCUT2D eigenvalue weighted by molar-refractivity contribution is 7.99. The van der Waals surface area contributed by atoms with Gasteiger partial charge in [-0.25, -0.2) is 8.78 Å². The van der Waals surface area contributed by atoms with Gasteiger partial charge in [-0.05, 0) is 30.7 Å². The van der Waals surface area contributed by atoms with Gasteiger partial charge < -0.3 is 15.5 Å². The minimum absolute atomic E-state index is 0. The van der Waals surface area contributed by atoms with Crippen molar-refractivity contribution in [2.24, 2.45) is 0 Å². The number of hydrogen-bond donors (Lipinski definition) is 2. The molecule has 2 fully saturated rings. The second-order valence-corrected chi connectivity index (χ2v) is 7.62. The van der Waals surface area contributed by atoms with Crippen LogP contribution in [0.15, 0.2) is 18.2 Å². The Kier molecular flexibility index (Phi) is 7.88. The zero-order valence-corrected chi connectivity index (χ0v) is 16.7. The molecule has 1 aromatic carbocycles. The summed E-state index contributed by atoms with van der Waals surface area (Å²) in [5, 5.41) is 6.26. The number of nitrogens with one attached hydrogen (secondary N) is 2. The molecule has 3 atom stereocenters. The first-order chi connectivity index (χ1) is 12.5. The van der Waals surface area contributed by atoms with Crippen molar-refractivity contribution in [2.45, 2.75) is 37.8 Å². The topological polar surface area (TPSA) is 61.4 Å². The molecule has 2 N–H and O–H groups in total. The first kappa shape index (κ1) is 21.9. The molecule has 150 valence electrons. The second-order valence-electron chi connectivity index (χ2n) is 6.62. The Morgan fingerprint density at radius 2 is 2.11 bits per heavy atom. The highest BCUT2D eigenvalue weighted by Crippen LogP contribution is 2.28. The number of amides is 2. The summed E-state index contributed by atoms with van der Waals surface area (Å²) in [6, 6.07) is 3.21. The third kappa shape index (κ3) is 4.92. The molecule has 2 aliphatic rings. The van der Waals surface area contributed by atoms with Crippen molar-refractivity contribution in [1.29, 1.82) is 0 Å². The van der Waals surface area contributed by atoms with Crippen molar-refractivity contribution in [3.8, 4) is 0 Å². The summed E-state index contributed by atoms with van der Waals surface area (Å²) >= 11 is 1.56. The van der Waals surface area contributed by atoms with Gasteiger partial charge >= 0.3 is 0 Å². The van der Waals surface area contributed by atoms with Gasteiger partial charge in [-0.1, -0.05) is 13.0 Å². The Morgan fingerprint density at radius 1 is 1.33 bits per heavy atom. The molecule has 3 rings (SSSR count). The fraction of sp³-hybridized carbons (Fsp3) is 0.556. The molecule has 0 aromatic heterocycles. The number of rotatable bonds is 4. The molecule has 0 aliphatic carbocycles. The third-order valence-corrected chi connectivity index (χ3v) is 6.00. The standard InChI is InChI=1S/C18H23F2N3O2S.ClH/c1-2-17(24)23-10-26-9-16(23)18(25)22-15-8-21-6-5-12(15)11-3-4-13(19)14(20)7-11;/h3-4,7,12,15-16,21H,2,5-6,8-10H2,1H3,(H,22,25);1H. The van der Waals surface area contributed by atoms with E-state index in [4.69, 9.17) is 0 Å². The molecule has 9 heteroatoms. The number of thioether (sulfide) groups is 1. The van der Waals surface area contributed by atoms with Gasteiger partial charge in [0.25, 0.3) is 0 Å². The van der Waals surface area contributed by atoms with Gasteiger partial charge in [-0.2, -0.15) is 0 Å². The molecule has 0 bridgehead atoms. The average molecular weight is 420 g/mol. The van der Waals surface area contributed by atoms with Crippen molar-refractivity contribution < 1.29 is 18.4 Å². The maximum absolute atomic E-state index is 13.6. The summed E-state index contributed by atoms with van der Waals surface area (Å²) in [5.74, 6) is -0.960. The van der Waals surface area contributed by atoms with E-state index in [1.807, 2.05) is 0 Å². The molecule has 1 aromatic rings. The van der Waals surface area contributed by atoms with E-state index in [1.165, 1.54) is 6.07 Å². The molecule has 0 spiro atoms. The molecule has 2 heterocycles. The molecule has 2 saturated heterocycles. The lowest BCUT2D eigenvalue weighted by Crippen LogP contribution is -2.55. The number of nitrogens with zero attached hydrogens (tertiary/aromatic N) is 1. The monoisotopic (exact) mass is 419 g/mol. The lowest BCUT2D eigenvalue weighted by Gasteiger charge is -2.34. The molecule has 0 saturated carbocycles. The van der Waals surface area contributed by atoms with Crippen LogP contribution in [-0.4, -0.2) is 53.5 Å². The number of carbonyl (C=O) groups excluding carboxylic acids is 2. The van der Waals surface area contributed by atoms with Gasteiger partial charge in [0.05, 0.1) is 5.88 Å². The van der Waals surface area contributed by atoms with E-state index in [0.29, 0.717) is 36.6 Å². The summed E-state index contributed by atoms with van der Waals surface area (Å²) in [6.07, 6.45) is 1.08. The molecule has 3 unspecified atom stereocenters. The van der Waals surface area contributed by atoms with E-state index >= 15 is 0 Å². The largest absolute Gasteiger partial charge is 0.350 e. The fourth-order valence-electron chi connectivity index (χ4n) is 3.54. The Labute approximate surface area is 168 Å². The first-order valence-corrected chi connectivity index (χ1v) is 10.00. The van der Waals surface area contributed by atoms with Gasteiger partial charge in [-0.15, -0.1) is 24.2 Å². The van der Waals surface area contributed by atoms with E-state index in [2.05, 4.69) is 10.6 Å². The third-order valence-electron chi connectivity index (χ3n) is 4.99. The normalized spacial score (nSPS) is 25.0. The Morgan fingerprint density at radius 3 is 2.81 bits per heavy atom. The van der Waals surface area contributed by atoms with Crippen molar-refractivity contribution >= 4 is 36.0 Å². The van der Waals surface area contributed by atoms with E-state index in [0.717, 1.165) is 12.6 Å². The van der Waals surface area contributed by atoms with Crippen LogP contribution in [0.1, 0.15) is 31.2 Å². The Balaban J connectivity index is 0.00000261. The van der Waals surface area contributed by atoms with E-state index in [-0.39, 0.29) is 36.2 Å². The summed E-state index contributed by atoms with van der Waals surface area (Å²) in [4.78, 5) is 26.4. The number of piperidine rings is 1. The zero-order valence-electron chi connectivity index (χ0n) is 15.0. The van der Waals surface area contributed by atoms with Crippen molar-refractivity contribution in [3.05, 3.63) is 35.4 Å². The van der Waals surface area contributed by atoms with E-state index in [9.17, 15) is 18.4 Å². The van der Waals surface area contributed by atoms with Crippen LogP contribution in [0.5, 0.6) is 0 Å². The van der Waals surface area contributed by atoms with Gasteiger partial charge in [0, 0.05) is 30.7 Å². The highest BCUT2D eigenvalue weighted by Gasteiger charge is 2.36. The molecule has 2 aliphatic heterocycles. The predicted molar refractivity (Wildman–Crippen MR) is 104 cm³/mol. The fourth-order valence-corrected chi connectivity index (χ4v) is 4.72. The predicted octanol–water partition coefficient (Wildman–Crippen LogP) is 2.26. The Hall–Kier alpha value is -1.38. The second kappa shape index (κ2) is 9.71. The van der Waals surface area contributed by atoms with Gasteiger partial charge in [0.15, 0.2) is 11.6 Å². The van der Waals surface area contributed by atoms with Crippen LogP contribution in [0.3, 0.4) is 0 Å². The summed E-state index contributed by atoms with van der Waals surface area (Å²) < 4.78 is 26.9. The minimum Gasteiger partial charge on any atom is -0.350 e. The van der Waals surface area contributed by atoms with Crippen LogP contribution in [0.4, 0.5) is 8.78 Å². The molecule has 2 amide bonds. The van der Waals surface area contributed by atoms with Crippen LogP contribution >= 0.6 is 24.2 Å². The van der Waals surface area contributed by atoms with Gasteiger partial charge in [0.1, 0.15) is 6.04 Å². The maximum atomic E-state index is 13.6. The van der Waals surface area contributed by atoms with Gasteiger partial charge in [0.2, 0.25) is 11.8 Å². The first-order valence-electron chi connectivity index (χ1n) is 8.84. The molecular formula is C18H24ClF2N3O2S. The summed E-state index contributed by atoms with van der Waals surface area (Å²) in [7, 11) is 0. The average Bonchev–Trinajstić information content (AvgIpc) is 3.14. The van der Waals surface area contributed by atoms with Crippen LogP contribution < -0.4 is 10.6 Å². The smallest absolute Gasteiger partial charge is 0.243 e. The highest BCUT2D eigenvalue weighted by atomic mass is 35.5. The number of benzene rings is 1. The van der Waals surface area contributed by atoms with Crippen LogP contribution in [0.25, 0.3) is 0 Å². The molecule has 0 radical (unpaired) electrons. The van der Waals surface area contributed by atoms with Crippen molar-refractivity contribution in [1.82, 2.24) is 15.5 Å². The van der Waals surface area contributed by atoms with Crippen LogP contribution in [-0.2, 0) is 9.59 Å². The number of halogens is 3. The summed E-state index contributed by atoms with van der Waals surface area (Å²) in [6.45, 7) is 3.08. The quantitative estimate of drug-likeness (QED) is 0.786. The molecular weight excluding hydrogens is 396 g/mol. The maximum Gasteiger partial charge on any atom is 0.243 e. The zero-order chi connectivity index (χ0) is 18.7. The van der Waals surface area contributed by atoms with Crippen LogP contribution in [0, 0.1) is 11.6 Å². The Bertz CT molecular complexity index is 695. The lowest BCUT2D eigenvalue weighted by molar-refractivity contribution is -0.138. The van der Waals surface area contributed by atoms with Crippen molar-refractivity contribution in [2.75, 3.05) is 24.7 Å². The van der Waals surface area contributed by atoms with Crippen LogP contribution in [0.2, 0.25) is 0 Å². The van der Waals surface area contributed by atoms with Gasteiger partial charge in [-0.3, -0.25) is 9.59 Å². The van der Waals surface area contributed by atoms with E-state index < -0.39 is 17.7 Å². The molecule has 5 nitrogen and oxygen atoms in total.